The van der Waals surface area contributed by atoms with Gasteiger partial charge < -0.3 is 18.9 Å². The number of hydrogen-bond acceptors (Lipinski definition) is 6. The van der Waals surface area contributed by atoms with Crippen LogP contribution in [0.2, 0.25) is 0 Å². The van der Waals surface area contributed by atoms with Crippen LogP contribution in [-0.2, 0) is 29.2 Å². The molecule has 0 bridgehead atoms. The highest BCUT2D eigenvalue weighted by atomic mass is 35.5. The second kappa shape index (κ2) is 13.3. The molecule has 1 aliphatic carbocycles. The van der Waals surface area contributed by atoms with E-state index in [1.54, 1.807) is 0 Å². The fraction of sp³-hybridized carbons (Fsp3) is 0.520. The molecule has 0 N–H and O–H groups in total. The van der Waals surface area contributed by atoms with Crippen molar-refractivity contribution in [2.24, 2.45) is 0 Å². The van der Waals surface area contributed by atoms with Gasteiger partial charge in [0.2, 0.25) is 0 Å². The predicted molar refractivity (Wildman–Crippen MR) is 134 cm³/mol. The first-order valence-electron chi connectivity index (χ1n) is 11.0. The summed E-state index contributed by atoms with van der Waals surface area (Å²) in [5.41, 5.74) is 1.82. The number of alkyl halides is 2. The van der Waals surface area contributed by atoms with Gasteiger partial charge in [-0.05, 0) is 36.6 Å². The molecule has 0 aromatic heterocycles. The maximum atomic E-state index is 11.3. The van der Waals surface area contributed by atoms with Crippen molar-refractivity contribution >= 4 is 46.7 Å². The lowest BCUT2D eigenvalue weighted by Crippen LogP contribution is -2.30. The van der Waals surface area contributed by atoms with Crippen LogP contribution >= 0.6 is 34.8 Å². The topological polar surface area (TPSA) is 71.1 Å². The van der Waals surface area contributed by atoms with Gasteiger partial charge in [-0.2, -0.15) is 0 Å². The van der Waals surface area contributed by atoms with Gasteiger partial charge in [-0.1, -0.05) is 43.2 Å². The van der Waals surface area contributed by atoms with Gasteiger partial charge in [0, 0.05) is 25.1 Å². The van der Waals surface area contributed by atoms with Gasteiger partial charge in [-0.15, -0.1) is 23.2 Å². The van der Waals surface area contributed by atoms with E-state index in [4.69, 9.17) is 53.8 Å². The lowest BCUT2D eigenvalue weighted by molar-refractivity contribution is -0.158. The van der Waals surface area contributed by atoms with Crippen LogP contribution in [0, 0.1) is 0 Å². The third-order valence-corrected chi connectivity index (χ3v) is 6.29. The van der Waals surface area contributed by atoms with Gasteiger partial charge in [0.25, 0.3) is 0 Å². The Morgan fingerprint density at radius 2 is 1.76 bits per heavy atom. The van der Waals surface area contributed by atoms with Crippen molar-refractivity contribution in [1.82, 2.24) is 0 Å². The minimum Gasteiger partial charge on any atom is -0.495 e. The van der Waals surface area contributed by atoms with Crippen molar-refractivity contribution in [3.05, 3.63) is 52.3 Å². The molecule has 0 aliphatic heterocycles. The van der Waals surface area contributed by atoms with Crippen LogP contribution in [0.3, 0.4) is 0 Å². The number of halogens is 3. The van der Waals surface area contributed by atoms with Crippen LogP contribution in [0.4, 0.5) is 0 Å². The molecule has 2 rings (SSSR count). The molecule has 1 aliphatic rings. The molecule has 0 fully saturated rings. The maximum Gasteiger partial charge on any atom is 0.303 e. The molecular weight excluding hydrogens is 503 g/mol. The summed E-state index contributed by atoms with van der Waals surface area (Å²) < 4.78 is 21.6. The predicted octanol–water partition coefficient (Wildman–Crippen LogP) is 5.87. The Morgan fingerprint density at radius 3 is 2.32 bits per heavy atom. The van der Waals surface area contributed by atoms with Crippen LogP contribution < -0.4 is 4.74 Å². The normalized spacial score (nSPS) is 17.0. The molecular formula is C25H31Cl3O6. The first kappa shape index (κ1) is 28.3. The van der Waals surface area contributed by atoms with E-state index in [-0.39, 0.29) is 24.0 Å². The highest BCUT2D eigenvalue weighted by Crippen LogP contribution is 2.41. The number of esters is 2. The largest absolute Gasteiger partial charge is 0.495 e. The Kier molecular flexibility index (Phi) is 11.1. The first-order chi connectivity index (χ1) is 16.0. The summed E-state index contributed by atoms with van der Waals surface area (Å²) in [6, 6.07) is 7.62. The second-order valence-electron chi connectivity index (χ2n) is 8.44. The molecule has 0 saturated carbocycles. The molecule has 0 spiro atoms. The van der Waals surface area contributed by atoms with Gasteiger partial charge in [-0.25, -0.2) is 0 Å². The molecule has 1 aromatic carbocycles. The lowest BCUT2D eigenvalue weighted by Gasteiger charge is -2.33. The third kappa shape index (κ3) is 8.40. The summed E-state index contributed by atoms with van der Waals surface area (Å²) in [5.74, 6) is 0.774. The number of rotatable bonds is 12. The Bertz CT molecular complexity index is 908. The Morgan fingerprint density at radius 1 is 1.09 bits per heavy atom. The van der Waals surface area contributed by atoms with Crippen molar-refractivity contribution in [3.8, 4) is 5.75 Å². The van der Waals surface area contributed by atoms with Crippen molar-refractivity contribution < 1.29 is 28.5 Å². The summed E-state index contributed by atoms with van der Waals surface area (Å²) in [6.07, 6.45) is 2.57. The summed E-state index contributed by atoms with van der Waals surface area (Å²) in [5, 5.41) is 0.160. The summed E-state index contributed by atoms with van der Waals surface area (Å²) in [7, 11) is 0. The Balaban J connectivity index is 2.08. The fourth-order valence-corrected chi connectivity index (χ4v) is 4.28. The van der Waals surface area contributed by atoms with Gasteiger partial charge in [0.15, 0.2) is 6.10 Å². The quantitative estimate of drug-likeness (QED) is 0.190. The van der Waals surface area contributed by atoms with Gasteiger partial charge in [-0.3, -0.25) is 9.59 Å². The van der Waals surface area contributed by atoms with Crippen molar-refractivity contribution in [3.63, 3.8) is 0 Å². The highest BCUT2D eigenvalue weighted by molar-refractivity contribution is 6.33. The molecule has 2 atom stereocenters. The summed E-state index contributed by atoms with van der Waals surface area (Å²) in [4.78, 5) is 22.3. The zero-order valence-corrected chi connectivity index (χ0v) is 22.1. The molecule has 1 unspecified atom stereocenters. The minimum absolute atomic E-state index is 0.0571. The highest BCUT2D eigenvalue weighted by Gasteiger charge is 2.32. The monoisotopic (exact) mass is 532 g/mol. The van der Waals surface area contributed by atoms with Crippen LogP contribution in [0.1, 0.15) is 46.1 Å². The van der Waals surface area contributed by atoms with E-state index in [2.05, 4.69) is 13.8 Å². The van der Waals surface area contributed by atoms with Crippen molar-refractivity contribution in [1.29, 1.82) is 0 Å². The SMILES string of the molecule is CC(=O)OC[C@H](COc1ccc(C(C)(C)C2=CC(Cl)=C(OCCCCl)C(Cl)C2)cc1)OC(C)=O. The number of carbonyl (C=O) groups is 2. The van der Waals surface area contributed by atoms with Crippen LogP contribution in [0.5, 0.6) is 5.75 Å². The van der Waals surface area contributed by atoms with Crippen LogP contribution in [-0.4, -0.2) is 49.1 Å². The van der Waals surface area contributed by atoms with E-state index < -0.39 is 18.0 Å². The molecule has 0 heterocycles. The average molecular weight is 534 g/mol. The molecule has 9 heteroatoms. The molecule has 0 radical (unpaired) electrons. The lowest BCUT2D eigenvalue weighted by atomic mass is 9.74. The fourth-order valence-electron chi connectivity index (χ4n) is 3.45. The molecule has 0 amide bonds. The number of ether oxygens (including phenoxy) is 4. The zero-order chi connectivity index (χ0) is 25.3. The Labute approximate surface area is 216 Å². The van der Waals surface area contributed by atoms with E-state index >= 15 is 0 Å². The summed E-state index contributed by atoms with van der Waals surface area (Å²) in [6.45, 7) is 7.26. The number of carbonyl (C=O) groups excluding carboxylic acids is 2. The van der Waals surface area contributed by atoms with Crippen LogP contribution in [0.15, 0.2) is 46.7 Å². The van der Waals surface area contributed by atoms with Gasteiger partial charge >= 0.3 is 11.9 Å². The van der Waals surface area contributed by atoms with Crippen molar-refractivity contribution in [2.75, 3.05) is 25.7 Å². The molecule has 34 heavy (non-hydrogen) atoms. The number of hydrogen-bond donors (Lipinski definition) is 0. The van der Waals surface area contributed by atoms with E-state index in [1.807, 2.05) is 30.3 Å². The van der Waals surface area contributed by atoms with E-state index in [9.17, 15) is 9.59 Å². The van der Waals surface area contributed by atoms with Crippen LogP contribution in [0.25, 0.3) is 0 Å². The average Bonchev–Trinajstić information content (AvgIpc) is 2.77. The second-order valence-corrected chi connectivity index (χ2v) is 9.75. The van der Waals surface area contributed by atoms with E-state index in [1.165, 1.54) is 13.8 Å². The third-order valence-electron chi connectivity index (χ3n) is 5.38. The molecule has 1 aromatic rings. The van der Waals surface area contributed by atoms with E-state index in [0.29, 0.717) is 35.4 Å². The zero-order valence-electron chi connectivity index (χ0n) is 19.9. The van der Waals surface area contributed by atoms with Gasteiger partial charge in [0.05, 0.1) is 17.0 Å². The standard InChI is InChI=1S/C25H31Cl3O6/c1-16(29)32-14-21(34-17(2)30)15-33-20-8-6-18(7-9-20)25(3,4)19-12-22(27)24(23(28)13-19)31-11-5-10-26/h6-9,12,21,23H,5,10-11,13-15H2,1-4H3/t21-,23?/m1/s1. The minimum atomic E-state index is -0.694. The molecule has 188 valence electrons. The smallest absolute Gasteiger partial charge is 0.303 e. The van der Waals surface area contributed by atoms with E-state index in [0.717, 1.165) is 17.6 Å². The van der Waals surface area contributed by atoms with Crippen molar-refractivity contribution in [2.45, 2.75) is 57.4 Å². The summed E-state index contributed by atoms with van der Waals surface area (Å²) >= 11 is 18.8. The molecule has 0 saturated heterocycles. The number of allylic oxidation sites excluding steroid dienone is 4. The maximum absolute atomic E-state index is 11.3. The number of benzene rings is 1. The van der Waals surface area contributed by atoms with Gasteiger partial charge in [0.1, 0.15) is 24.7 Å². The first-order valence-corrected chi connectivity index (χ1v) is 12.4. The Hall–Kier alpha value is -1.89. The molecule has 6 nitrogen and oxygen atoms in total.